The number of anilines is 2. The number of benzene rings is 1. The first-order valence-corrected chi connectivity index (χ1v) is 10.6. The Morgan fingerprint density at radius 1 is 0.774 bits per heavy atom. The molecule has 1 aromatic carbocycles. The zero-order valence-corrected chi connectivity index (χ0v) is 18.3. The van der Waals surface area contributed by atoms with Crippen molar-refractivity contribution < 1.29 is 19.0 Å². The van der Waals surface area contributed by atoms with Gasteiger partial charge in [-0.3, -0.25) is 4.79 Å². The minimum absolute atomic E-state index is 0.0608. The molecule has 31 heavy (non-hydrogen) atoms. The summed E-state index contributed by atoms with van der Waals surface area (Å²) in [5.41, 5.74) is 0.512. The number of amides is 1. The van der Waals surface area contributed by atoms with E-state index >= 15 is 0 Å². The van der Waals surface area contributed by atoms with Crippen LogP contribution in [0.3, 0.4) is 0 Å². The van der Waals surface area contributed by atoms with Gasteiger partial charge < -0.3 is 28.9 Å². The zero-order valence-electron chi connectivity index (χ0n) is 18.3. The van der Waals surface area contributed by atoms with Crippen molar-refractivity contribution in [2.45, 2.75) is 12.8 Å². The maximum absolute atomic E-state index is 13.1. The fourth-order valence-electron chi connectivity index (χ4n) is 4.13. The van der Waals surface area contributed by atoms with Crippen molar-refractivity contribution in [3.63, 3.8) is 0 Å². The molecule has 9 heteroatoms. The topological polar surface area (TPSA) is 80.3 Å². The Labute approximate surface area is 182 Å². The van der Waals surface area contributed by atoms with Gasteiger partial charge in [-0.25, -0.2) is 0 Å². The van der Waals surface area contributed by atoms with Gasteiger partial charge in [-0.05, 0) is 37.1 Å². The molecule has 1 aromatic heterocycles. The summed E-state index contributed by atoms with van der Waals surface area (Å²) in [6, 6.07) is 7.45. The average molecular weight is 428 g/mol. The molecule has 4 rings (SSSR count). The molecule has 0 spiro atoms. The molecular formula is C22H29N5O4. The zero-order chi connectivity index (χ0) is 21.8. The third-order valence-corrected chi connectivity index (χ3v) is 5.87. The fraction of sp³-hybridized carbons (Fsp3) is 0.500. The average Bonchev–Trinajstić information content (AvgIpc) is 3.38. The quantitative estimate of drug-likeness (QED) is 0.693. The van der Waals surface area contributed by atoms with E-state index in [-0.39, 0.29) is 5.91 Å². The third-order valence-electron chi connectivity index (χ3n) is 5.87. The molecule has 2 aliphatic rings. The van der Waals surface area contributed by atoms with Gasteiger partial charge in [-0.1, -0.05) is 0 Å². The molecule has 2 saturated heterocycles. The van der Waals surface area contributed by atoms with Gasteiger partial charge in [0, 0.05) is 44.8 Å². The Kier molecular flexibility index (Phi) is 6.29. The first-order chi connectivity index (χ1) is 15.1. The molecule has 0 bridgehead atoms. The lowest BCUT2D eigenvalue weighted by atomic mass is 10.1. The van der Waals surface area contributed by atoms with Crippen LogP contribution >= 0.6 is 0 Å². The number of piperazine rings is 1. The lowest BCUT2D eigenvalue weighted by Crippen LogP contribution is -2.49. The van der Waals surface area contributed by atoms with Gasteiger partial charge in [0.25, 0.3) is 5.91 Å². The highest BCUT2D eigenvalue weighted by molar-refractivity contribution is 5.95. The van der Waals surface area contributed by atoms with Crippen LogP contribution in [0.2, 0.25) is 0 Å². The number of nitrogens with zero attached hydrogens (tertiary/aromatic N) is 5. The van der Waals surface area contributed by atoms with Crippen LogP contribution in [-0.2, 0) is 0 Å². The van der Waals surface area contributed by atoms with Crippen molar-refractivity contribution in [3.05, 3.63) is 29.8 Å². The molecule has 0 atom stereocenters. The first kappa shape index (κ1) is 21.0. The highest BCUT2D eigenvalue weighted by Crippen LogP contribution is 2.38. The fourth-order valence-corrected chi connectivity index (χ4v) is 4.13. The van der Waals surface area contributed by atoms with E-state index in [4.69, 9.17) is 14.2 Å². The lowest BCUT2D eigenvalue weighted by Gasteiger charge is -2.35. The molecular weight excluding hydrogens is 398 g/mol. The molecule has 2 aliphatic heterocycles. The summed E-state index contributed by atoms with van der Waals surface area (Å²) in [5.74, 6) is 3.14. The number of carbonyl (C=O) groups excluding carboxylic acids is 1. The number of methoxy groups -OCH3 is 3. The molecule has 0 saturated carbocycles. The standard InChI is InChI=1S/C22H29N5O4/c1-29-17-14-16(15-18(30-2)21(17)31-3)22(28)27-12-10-26(11-13-27)20-7-6-19(23-24-20)25-8-4-5-9-25/h6-7,14-15H,4-5,8-13H2,1-3H3. The van der Waals surface area contributed by atoms with Crippen LogP contribution in [0.15, 0.2) is 24.3 Å². The predicted molar refractivity (Wildman–Crippen MR) is 118 cm³/mol. The smallest absolute Gasteiger partial charge is 0.254 e. The normalized spacial score (nSPS) is 16.4. The summed E-state index contributed by atoms with van der Waals surface area (Å²) in [6.45, 7) is 4.71. The van der Waals surface area contributed by atoms with Crippen molar-refractivity contribution in [2.24, 2.45) is 0 Å². The maximum Gasteiger partial charge on any atom is 0.254 e. The monoisotopic (exact) mass is 427 g/mol. The van der Waals surface area contributed by atoms with E-state index in [1.807, 2.05) is 17.0 Å². The minimum atomic E-state index is -0.0608. The van der Waals surface area contributed by atoms with Crippen LogP contribution in [-0.4, -0.2) is 81.6 Å². The predicted octanol–water partition coefficient (Wildman–Crippen LogP) is 2.06. The Bertz CT molecular complexity index is 882. The summed E-state index contributed by atoms with van der Waals surface area (Å²) < 4.78 is 16.1. The number of aromatic nitrogens is 2. The molecule has 0 radical (unpaired) electrons. The summed E-state index contributed by atoms with van der Waals surface area (Å²) in [5, 5.41) is 8.83. The van der Waals surface area contributed by atoms with Gasteiger partial charge in [0.05, 0.1) is 21.3 Å². The Hall–Kier alpha value is -3.23. The Morgan fingerprint density at radius 2 is 1.29 bits per heavy atom. The minimum Gasteiger partial charge on any atom is -0.493 e. The number of carbonyl (C=O) groups is 1. The molecule has 1 amide bonds. The molecule has 3 heterocycles. The van der Waals surface area contributed by atoms with Gasteiger partial charge in [0.15, 0.2) is 23.1 Å². The van der Waals surface area contributed by atoms with Crippen LogP contribution in [0, 0.1) is 0 Å². The summed E-state index contributed by atoms with van der Waals surface area (Å²) in [7, 11) is 4.63. The number of hydrogen-bond acceptors (Lipinski definition) is 8. The van der Waals surface area contributed by atoms with Gasteiger partial charge >= 0.3 is 0 Å². The molecule has 9 nitrogen and oxygen atoms in total. The van der Waals surface area contributed by atoms with E-state index in [0.717, 1.165) is 24.7 Å². The second kappa shape index (κ2) is 9.28. The van der Waals surface area contributed by atoms with Crippen LogP contribution in [0.4, 0.5) is 11.6 Å². The van der Waals surface area contributed by atoms with E-state index in [2.05, 4.69) is 20.0 Å². The van der Waals surface area contributed by atoms with E-state index < -0.39 is 0 Å². The van der Waals surface area contributed by atoms with Crippen molar-refractivity contribution in [3.8, 4) is 17.2 Å². The van der Waals surface area contributed by atoms with Crippen LogP contribution in [0.25, 0.3) is 0 Å². The summed E-state index contributed by atoms with van der Waals surface area (Å²) >= 11 is 0. The highest BCUT2D eigenvalue weighted by Gasteiger charge is 2.25. The largest absolute Gasteiger partial charge is 0.493 e. The van der Waals surface area contributed by atoms with Gasteiger partial charge in [0.1, 0.15) is 0 Å². The van der Waals surface area contributed by atoms with E-state index in [1.54, 1.807) is 33.5 Å². The number of hydrogen-bond donors (Lipinski definition) is 0. The number of ether oxygens (including phenoxy) is 3. The lowest BCUT2D eigenvalue weighted by molar-refractivity contribution is 0.0745. The Balaban J connectivity index is 1.41. The van der Waals surface area contributed by atoms with E-state index in [1.165, 1.54) is 12.8 Å². The van der Waals surface area contributed by atoms with Crippen molar-refractivity contribution in [1.29, 1.82) is 0 Å². The van der Waals surface area contributed by atoms with E-state index in [9.17, 15) is 4.79 Å². The molecule has 2 fully saturated rings. The second-order valence-corrected chi connectivity index (χ2v) is 7.64. The van der Waals surface area contributed by atoms with Crippen molar-refractivity contribution >= 4 is 17.5 Å². The maximum atomic E-state index is 13.1. The highest BCUT2D eigenvalue weighted by atomic mass is 16.5. The number of rotatable bonds is 6. The van der Waals surface area contributed by atoms with Crippen LogP contribution in [0.5, 0.6) is 17.2 Å². The molecule has 166 valence electrons. The second-order valence-electron chi connectivity index (χ2n) is 7.64. The molecule has 2 aromatic rings. The molecule has 0 aliphatic carbocycles. The van der Waals surface area contributed by atoms with Gasteiger partial charge in [-0.2, -0.15) is 0 Å². The third kappa shape index (κ3) is 4.30. The molecule has 0 unspecified atom stereocenters. The molecule has 0 N–H and O–H groups in total. The van der Waals surface area contributed by atoms with Crippen LogP contribution < -0.4 is 24.0 Å². The van der Waals surface area contributed by atoms with E-state index in [0.29, 0.717) is 49.0 Å². The van der Waals surface area contributed by atoms with Crippen molar-refractivity contribution in [1.82, 2.24) is 15.1 Å². The van der Waals surface area contributed by atoms with Crippen LogP contribution in [0.1, 0.15) is 23.2 Å². The summed E-state index contributed by atoms with van der Waals surface area (Å²) in [4.78, 5) is 19.4. The van der Waals surface area contributed by atoms with Gasteiger partial charge in [-0.15, -0.1) is 10.2 Å². The van der Waals surface area contributed by atoms with Crippen molar-refractivity contribution in [2.75, 3.05) is 70.4 Å². The van der Waals surface area contributed by atoms with Gasteiger partial charge in [0.2, 0.25) is 5.75 Å². The first-order valence-electron chi connectivity index (χ1n) is 10.6. The SMILES string of the molecule is COc1cc(C(=O)N2CCN(c3ccc(N4CCCC4)nn3)CC2)cc(OC)c1OC. The summed E-state index contributed by atoms with van der Waals surface area (Å²) in [6.07, 6.45) is 2.43. The Morgan fingerprint density at radius 3 is 1.74 bits per heavy atom.